The quantitative estimate of drug-likeness (QED) is 0.909. The molecule has 1 atom stereocenters. The molecule has 2 aromatic rings. The van der Waals surface area contributed by atoms with E-state index in [1.54, 1.807) is 16.9 Å². The normalized spacial score (nSPS) is 18.4. The van der Waals surface area contributed by atoms with Crippen LogP contribution in [-0.2, 0) is 19.6 Å². The Labute approximate surface area is 120 Å². The summed E-state index contributed by atoms with van der Waals surface area (Å²) in [6, 6.07) is 5.49. The third-order valence-electron chi connectivity index (χ3n) is 3.94. The van der Waals surface area contributed by atoms with Crippen LogP contribution in [0.25, 0.3) is 0 Å². The fraction of sp³-hybridized carbons (Fsp3) is 0.400. The fourth-order valence-electron chi connectivity index (χ4n) is 2.90. The standard InChI is InChI=1S/C15H16F3N3/c1-21-14-8-4-7-12(10(14)9-19-21)20-13-6-3-2-5-11(13)15(16,17)18/h2-3,5-6,9,12,20H,4,7-8H2,1H3. The second-order valence-corrected chi connectivity index (χ2v) is 5.30. The summed E-state index contributed by atoms with van der Waals surface area (Å²) in [5.74, 6) is 0. The molecule has 1 aromatic heterocycles. The summed E-state index contributed by atoms with van der Waals surface area (Å²) >= 11 is 0. The van der Waals surface area contributed by atoms with E-state index in [0.717, 1.165) is 36.6 Å². The highest BCUT2D eigenvalue weighted by molar-refractivity contribution is 5.54. The Morgan fingerprint density at radius 1 is 1.29 bits per heavy atom. The number of para-hydroxylation sites is 1. The zero-order valence-electron chi connectivity index (χ0n) is 11.6. The summed E-state index contributed by atoms with van der Waals surface area (Å²) in [7, 11) is 1.87. The number of fused-ring (bicyclic) bond motifs is 1. The molecule has 1 aliphatic carbocycles. The Bertz CT molecular complexity index is 646. The number of anilines is 1. The summed E-state index contributed by atoms with van der Waals surface area (Å²) in [5.41, 5.74) is 1.61. The zero-order chi connectivity index (χ0) is 15.0. The van der Waals surface area contributed by atoms with E-state index in [1.165, 1.54) is 12.1 Å². The highest BCUT2D eigenvalue weighted by atomic mass is 19.4. The van der Waals surface area contributed by atoms with Crippen LogP contribution in [0.4, 0.5) is 18.9 Å². The van der Waals surface area contributed by atoms with Gasteiger partial charge in [-0.1, -0.05) is 12.1 Å². The van der Waals surface area contributed by atoms with Crippen molar-refractivity contribution in [3.8, 4) is 0 Å². The first kappa shape index (κ1) is 14.0. The molecule has 1 unspecified atom stereocenters. The van der Waals surface area contributed by atoms with Gasteiger partial charge in [-0.05, 0) is 31.4 Å². The van der Waals surface area contributed by atoms with Gasteiger partial charge in [-0.25, -0.2) is 0 Å². The molecule has 1 aliphatic rings. The third kappa shape index (κ3) is 2.62. The SMILES string of the molecule is Cn1ncc2c1CCCC2Nc1ccccc1C(F)(F)F. The van der Waals surface area contributed by atoms with Crippen molar-refractivity contribution < 1.29 is 13.2 Å². The van der Waals surface area contributed by atoms with Gasteiger partial charge in [0.1, 0.15) is 0 Å². The largest absolute Gasteiger partial charge is 0.418 e. The number of hydrogen-bond acceptors (Lipinski definition) is 2. The summed E-state index contributed by atoms with van der Waals surface area (Å²) in [5, 5.41) is 7.27. The van der Waals surface area contributed by atoms with Crippen molar-refractivity contribution in [1.29, 1.82) is 0 Å². The second kappa shape index (κ2) is 5.09. The lowest BCUT2D eigenvalue weighted by Gasteiger charge is -2.26. The number of hydrogen-bond donors (Lipinski definition) is 1. The Morgan fingerprint density at radius 2 is 2.05 bits per heavy atom. The molecule has 6 heteroatoms. The minimum Gasteiger partial charge on any atom is -0.378 e. The molecule has 0 saturated carbocycles. The Kier molecular flexibility index (Phi) is 3.39. The van der Waals surface area contributed by atoms with Crippen molar-refractivity contribution in [2.75, 3.05) is 5.32 Å². The third-order valence-corrected chi connectivity index (χ3v) is 3.94. The van der Waals surface area contributed by atoms with E-state index in [-0.39, 0.29) is 11.7 Å². The van der Waals surface area contributed by atoms with Crippen molar-refractivity contribution in [2.45, 2.75) is 31.5 Å². The number of halogens is 3. The topological polar surface area (TPSA) is 29.9 Å². The molecule has 0 aliphatic heterocycles. The minimum absolute atomic E-state index is 0.119. The molecule has 1 N–H and O–H groups in total. The van der Waals surface area contributed by atoms with Gasteiger partial charge >= 0.3 is 6.18 Å². The molecule has 1 heterocycles. The fourth-order valence-corrected chi connectivity index (χ4v) is 2.90. The summed E-state index contributed by atoms with van der Waals surface area (Å²) in [6.45, 7) is 0. The average Bonchev–Trinajstić information content (AvgIpc) is 2.81. The van der Waals surface area contributed by atoms with Gasteiger partial charge < -0.3 is 5.32 Å². The first-order chi connectivity index (χ1) is 9.97. The van der Waals surface area contributed by atoms with E-state index in [1.807, 2.05) is 7.05 Å². The number of benzene rings is 1. The Hall–Kier alpha value is -1.98. The van der Waals surface area contributed by atoms with E-state index in [2.05, 4.69) is 10.4 Å². The second-order valence-electron chi connectivity index (χ2n) is 5.30. The van der Waals surface area contributed by atoms with Crippen LogP contribution in [0.2, 0.25) is 0 Å². The monoisotopic (exact) mass is 295 g/mol. The molecule has 3 rings (SSSR count). The van der Waals surface area contributed by atoms with E-state index in [9.17, 15) is 13.2 Å². The summed E-state index contributed by atoms with van der Waals surface area (Å²) < 4.78 is 40.9. The van der Waals surface area contributed by atoms with Crippen LogP contribution in [0.3, 0.4) is 0 Å². The van der Waals surface area contributed by atoms with Crippen molar-refractivity contribution >= 4 is 5.69 Å². The highest BCUT2D eigenvalue weighted by Crippen LogP contribution is 2.38. The smallest absolute Gasteiger partial charge is 0.378 e. The zero-order valence-corrected chi connectivity index (χ0v) is 11.6. The average molecular weight is 295 g/mol. The van der Waals surface area contributed by atoms with Crippen LogP contribution >= 0.6 is 0 Å². The first-order valence-electron chi connectivity index (χ1n) is 6.90. The molecular weight excluding hydrogens is 279 g/mol. The van der Waals surface area contributed by atoms with Gasteiger partial charge in [-0.3, -0.25) is 4.68 Å². The molecule has 0 saturated heterocycles. The van der Waals surface area contributed by atoms with Gasteiger partial charge in [-0.2, -0.15) is 18.3 Å². The van der Waals surface area contributed by atoms with Crippen molar-refractivity contribution in [3.05, 3.63) is 47.3 Å². The van der Waals surface area contributed by atoms with Crippen molar-refractivity contribution in [3.63, 3.8) is 0 Å². The van der Waals surface area contributed by atoms with E-state index in [0.29, 0.717) is 0 Å². The molecule has 0 amide bonds. The molecule has 0 spiro atoms. The number of aromatic nitrogens is 2. The van der Waals surface area contributed by atoms with Crippen LogP contribution < -0.4 is 5.32 Å². The van der Waals surface area contributed by atoms with Gasteiger partial charge in [0, 0.05) is 24.0 Å². The van der Waals surface area contributed by atoms with Crippen molar-refractivity contribution in [2.24, 2.45) is 7.05 Å². The lowest BCUT2D eigenvalue weighted by molar-refractivity contribution is -0.137. The number of nitrogens with one attached hydrogen (secondary N) is 1. The molecule has 0 bridgehead atoms. The van der Waals surface area contributed by atoms with Gasteiger partial charge in [0.2, 0.25) is 0 Å². The van der Waals surface area contributed by atoms with E-state index >= 15 is 0 Å². The summed E-state index contributed by atoms with van der Waals surface area (Å²) in [4.78, 5) is 0. The van der Waals surface area contributed by atoms with Crippen LogP contribution in [-0.4, -0.2) is 9.78 Å². The van der Waals surface area contributed by atoms with Crippen LogP contribution in [0, 0.1) is 0 Å². The number of rotatable bonds is 2. The maximum atomic E-state index is 13.0. The van der Waals surface area contributed by atoms with E-state index < -0.39 is 11.7 Å². The van der Waals surface area contributed by atoms with Gasteiger partial charge in [0.05, 0.1) is 17.8 Å². The summed E-state index contributed by atoms with van der Waals surface area (Å²) in [6.07, 6.45) is 0.0760. The maximum Gasteiger partial charge on any atom is 0.418 e. The lowest BCUT2D eigenvalue weighted by Crippen LogP contribution is -2.19. The lowest BCUT2D eigenvalue weighted by atomic mass is 9.92. The molecule has 112 valence electrons. The predicted molar refractivity (Wildman–Crippen MR) is 74.0 cm³/mol. The maximum absolute atomic E-state index is 13.0. The van der Waals surface area contributed by atoms with Crippen LogP contribution in [0.15, 0.2) is 30.5 Å². The minimum atomic E-state index is -4.35. The molecular formula is C15H16F3N3. The van der Waals surface area contributed by atoms with Gasteiger partial charge in [0.25, 0.3) is 0 Å². The molecule has 1 aromatic carbocycles. The van der Waals surface area contributed by atoms with Crippen LogP contribution in [0.5, 0.6) is 0 Å². The van der Waals surface area contributed by atoms with Crippen molar-refractivity contribution in [1.82, 2.24) is 9.78 Å². The molecule has 0 radical (unpaired) electrons. The van der Waals surface area contributed by atoms with Gasteiger partial charge in [0.15, 0.2) is 0 Å². The first-order valence-corrected chi connectivity index (χ1v) is 6.90. The molecule has 21 heavy (non-hydrogen) atoms. The predicted octanol–water partition coefficient (Wildman–Crippen LogP) is 3.93. The Balaban J connectivity index is 1.92. The number of aryl methyl sites for hydroxylation is 1. The number of alkyl halides is 3. The van der Waals surface area contributed by atoms with E-state index in [4.69, 9.17) is 0 Å². The number of nitrogens with zero attached hydrogens (tertiary/aromatic N) is 2. The Morgan fingerprint density at radius 3 is 2.81 bits per heavy atom. The van der Waals surface area contributed by atoms with Gasteiger partial charge in [-0.15, -0.1) is 0 Å². The molecule has 3 nitrogen and oxygen atoms in total. The molecule has 0 fully saturated rings. The van der Waals surface area contributed by atoms with Crippen LogP contribution in [0.1, 0.15) is 35.7 Å². The highest BCUT2D eigenvalue weighted by Gasteiger charge is 2.34.